The van der Waals surface area contributed by atoms with Gasteiger partial charge >= 0.3 is 0 Å². The van der Waals surface area contributed by atoms with E-state index in [0.717, 1.165) is 38.9 Å². The van der Waals surface area contributed by atoms with E-state index < -0.39 is 0 Å². The first-order chi connectivity index (χ1) is 5.33. The lowest BCUT2D eigenvalue weighted by molar-refractivity contribution is 0.00134. The van der Waals surface area contributed by atoms with Gasteiger partial charge in [0.25, 0.3) is 0 Å². The van der Waals surface area contributed by atoms with Gasteiger partial charge in [-0.2, -0.15) is 0 Å². The van der Waals surface area contributed by atoms with Crippen molar-refractivity contribution in [3.05, 3.63) is 0 Å². The van der Waals surface area contributed by atoms with Crippen molar-refractivity contribution in [2.75, 3.05) is 26.2 Å². The summed E-state index contributed by atoms with van der Waals surface area (Å²) in [6, 6.07) is 0. The summed E-state index contributed by atoms with van der Waals surface area (Å²) in [7, 11) is 0. The second-order valence-corrected chi connectivity index (χ2v) is 3.20. The predicted molar refractivity (Wildman–Crippen MR) is 43.4 cm³/mol. The summed E-state index contributed by atoms with van der Waals surface area (Å²) in [5.41, 5.74) is 0. The molecule has 0 atom stereocenters. The van der Waals surface area contributed by atoms with Crippen LogP contribution in [0.2, 0.25) is 0 Å². The van der Waals surface area contributed by atoms with Gasteiger partial charge in [-0.1, -0.05) is 0 Å². The SMILES string of the molecule is OCCCCCN1CC(O)C1. The van der Waals surface area contributed by atoms with Crippen LogP contribution in [0.5, 0.6) is 0 Å². The van der Waals surface area contributed by atoms with Crippen molar-refractivity contribution in [2.45, 2.75) is 25.4 Å². The van der Waals surface area contributed by atoms with Gasteiger partial charge in [-0.15, -0.1) is 0 Å². The quantitative estimate of drug-likeness (QED) is 0.547. The van der Waals surface area contributed by atoms with E-state index in [1.807, 2.05) is 0 Å². The molecule has 1 saturated heterocycles. The molecular weight excluding hydrogens is 142 g/mol. The van der Waals surface area contributed by atoms with Gasteiger partial charge in [-0.25, -0.2) is 0 Å². The molecule has 0 radical (unpaired) electrons. The average Bonchev–Trinajstić information content (AvgIpc) is 1.94. The molecule has 1 aliphatic heterocycles. The van der Waals surface area contributed by atoms with Gasteiger partial charge in [0.1, 0.15) is 0 Å². The fourth-order valence-electron chi connectivity index (χ4n) is 1.35. The van der Waals surface area contributed by atoms with E-state index in [4.69, 9.17) is 10.2 Å². The van der Waals surface area contributed by atoms with E-state index in [9.17, 15) is 0 Å². The van der Waals surface area contributed by atoms with Gasteiger partial charge in [0, 0.05) is 19.7 Å². The topological polar surface area (TPSA) is 43.7 Å². The lowest BCUT2D eigenvalue weighted by Gasteiger charge is -2.35. The molecule has 0 bridgehead atoms. The molecule has 0 aromatic carbocycles. The predicted octanol–water partition coefficient (Wildman–Crippen LogP) is -0.175. The van der Waals surface area contributed by atoms with Crippen molar-refractivity contribution in [1.29, 1.82) is 0 Å². The molecule has 3 nitrogen and oxygen atoms in total. The van der Waals surface area contributed by atoms with Crippen molar-refractivity contribution >= 4 is 0 Å². The molecule has 3 heteroatoms. The van der Waals surface area contributed by atoms with Crippen LogP contribution in [0.4, 0.5) is 0 Å². The molecule has 0 aromatic heterocycles. The van der Waals surface area contributed by atoms with Gasteiger partial charge in [0.2, 0.25) is 0 Å². The summed E-state index contributed by atoms with van der Waals surface area (Å²) < 4.78 is 0. The average molecular weight is 159 g/mol. The van der Waals surface area contributed by atoms with Crippen LogP contribution in [0.15, 0.2) is 0 Å². The second kappa shape index (κ2) is 4.70. The van der Waals surface area contributed by atoms with Crippen LogP contribution in [-0.2, 0) is 0 Å². The first kappa shape index (κ1) is 8.97. The molecule has 1 heterocycles. The minimum atomic E-state index is -0.0761. The lowest BCUT2D eigenvalue weighted by Crippen LogP contribution is -2.50. The minimum absolute atomic E-state index is 0.0761. The molecule has 0 aromatic rings. The van der Waals surface area contributed by atoms with E-state index >= 15 is 0 Å². The van der Waals surface area contributed by atoms with Gasteiger partial charge in [0.05, 0.1) is 6.10 Å². The largest absolute Gasteiger partial charge is 0.396 e. The van der Waals surface area contributed by atoms with Crippen LogP contribution in [0, 0.1) is 0 Å². The van der Waals surface area contributed by atoms with Crippen molar-refractivity contribution < 1.29 is 10.2 Å². The monoisotopic (exact) mass is 159 g/mol. The molecule has 0 saturated carbocycles. The van der Waals surface area contributed by atoms with E-state index in [-0.39, 0.29) is 6.10 Å². The summed E-state index contributed by atoms with van der Waals surface area (Å²) in [6.07, 6.45) is 3.08. The molecule has 2 N–H and O–H groups in total. The number of β-amino-alcohol motifs (C(OH)–C–C–N with tert-alkyl or cyclic N) is 1. The zero-order valence-electron chi connectivity index (χ0n) is 6.87. The molecule has 0 amide bonds. The number of hydrogen-bond donors (Lipinski definition) is 2. The number of likely N-dealkylation sites (tertiary alicyclic amines) is 1. The molecular formula is C8H17NO2. The molecule has 0 unspecified atom stereocenters. The van der Waals surface area contributed by atoms with Crippen LogP contribution < -0.4 is 0 Å². The Morgan fingerprint density at radius 1 is 1.18 bits per heavy atom. The maximum Gasteiger partial charge on any atom is 0.0793 e. The zero-order chi connectivity index (χ0) is 8.10. The zero-order valence-corrected chi connectivity index (χ0v) is 6.87. The summed E-state index contributed by atoms with van der Waals surface area (Å²) >= 11 is 0. The first-order valence-electron chi connectivity index (χ1n) is 4.34. The number of rotatable bonds is 5. The third kappa shape index (κ3) is 3.18. The number of nitrogens with zero attached hydrogens (tertiary/aromatic N) is 1. The van der Waals surface area contributed by atoms with E-state index in [0.29, 0.717) is 6.61 Å². The van der Waals surface area contributed by atoms with Crippen LogP contribution >= 0.6 is 0 Å². The number of hydrogen-bond acceptors (Lipinski definition) is 3. The third-order valence-corrected chi connectivity index (χ3v) is 2.07. The van der Waals surface area contributed by atoms with Gasteiger partial charge in [0.15, 0.2) is 0 Å². The summed E-state index contributed by atoms with van der Waals surface area (Å²) in [5, 5.41) is 17.4. The molecule has 0 spiro atoms. The van der Waals surface area contributed by atoms with Crippen LogP contribution in [0.3, 0.4) is 0 Å². The third-order valence-electron chi connectivity index (χ3n) is 2.07. The van der Waals surface area contributed by atoms with E-state index in [2.05, 4.69) is 4.90 Å². The van der Waals surface area contributed by atoms with E-state index in [1.165, 1.54) is 0 Å². The van der Waals surface area contributed by atoms with Gasteiger partial charge in [-0.3, -0.25) is 4.90 Å². The Hall–Kier alpha value is -0.120. The number of aliphatic hydroxyl groups excluding tert-OH is 2. The van der Waals surface area contributed by atoms with Crippen molar-refractivity contribution in [1.82, 2.24) is 4.90 Å². The van der Waals surface area contributed by atoms with Gasteiger partial charge < -0.3 is 10.2 Å². The fraction of sp³-hybridized carbons (Fsp3) is 1.00. The highest BCUT2D eigenvalue weighted by Gasteiger charge is 2.22. The maximum absolute atomic E-state index is 8.94. The van der Waals surface area contributed by atoms with Crippen LogP contribution in [-0.4, -0.2) is 47.5 Å². The minimum Gasteiger partial charge on any atom is -0.396 e. The normalized spacial score (nSPS) is 20.2. The highest BCUT2D eigenvalue weighted by atomic mass is 16.3. The first-order valence-corrected chi connectivity index (χ1v) is 4.34. The Morgan fingerprint density at radius 2 is 1.91 bits per heavy atom. The second-order valence-electron chi connectivity index (χ2n) is 3.20. The number of unbranched alkanes of at least 4 members (excludes halogenated alkanes) is 2. The van der Waals surface area contributed by atoms with Crippen LogP contribution in [0.1, 0.15) is 19.3 Å². The Labute approximate surface area is 67.6 Å². The van der Waals surface area contributed by atoms with Crippen LogP contribution in [0.25, 0.3) is 0 Å². The van der Waals surface area contributed by atoms with Gasteiger partial charge in [-0.05, 0) is 25.8 Å². The molecule has 1 aliphatic rings. The Kier molecular flexibility index (Phi) is 3.83. The molecule has 1 rings (SSSR count). The Morgan fingerprint density at radius 3 is 2.45 bits per heavy atom. The Balaban J connectivity index is 1.81. The molecule has 1 fully saturated rings. The molecule has 0 aliphatic carbocycles. The molecule has 11 heavy (non-hydrogen) atoms. The summed E-state index contributed by atoms with van der Waals surface area (Å²) in [6.45, 7) is 3.08. The summed E-state index contributed by atoms with van der Waals surface area (Å²) in [4.78, 5) is 2.24. The van der Waals surface area contributed by atoms with E-state index in [1.54, 1.807) is 0 Å². The highest BCUT2D eigenvalue weighted by molar-refractivity contribution is 4.77. The smallest absolute Gasteiger partial charge is 0.0793 e. The maximum atomic E-state index is 8.94. The van der Waals surface area contributed by atoms with Crippen molar-refractivity contribution in [2.24, 2.45) is 0 Å². The highest BCUT2D eigenvalue weighted by Crippen LogP contribution is 2.08. The number of aliphatic hydroxyl groups is 2. The lowest BCUT2D eigenvalue weighted by atomic mass is 10.1. The summed E-state index contributed by atoms with van der Waals surface area (Å²) in [5.74, 6) is 0. The van der Waals surface area contributed by atoms with Crippen molar-refractivity contribution in [3.8, 4) is 0 Å². The molecule has 66 valence electrons. The standard InChI is InChI=1S/C8H17NO2/c10-5-3-1-2-4-9-6-8(11)7-9/h8,10-11H,1-7H2. The van der Waals surface area contributed by atoms with Crippen molar-refractivity contribution in [3.63, 3.8) is 0 Å². The fourth-order valence-corrected chi connectivity index (χ4v) is 1.35. The Bertz CT molecular complexity index is 102.